The Morgan fingerprint density at radius 2 is 1.90 bits per heavy atom. The van der Waals surface area contributed by atoms with E-state index in [-0.39, 0.29) is 24.5 Å². The minimum Gasteiger partial charge on any atom is -0.493 e. The molecule has 204 valence electrons. The van der Waals surface area contributed by atoms with Crippen LogP contribution in [0.2, 0.25) is 0 Å². The number of carbonyl (C=O) groups excluding carboxylic acids is 2. The molecule has 9 heteroatoms. The molecule has 2 aliphatic heterocycles. The predicted octanol–water partition coefficient (Wildman–Crippen LogP) is 4.09. The Morgan fingerprint density at radius 1 is 1.13 bits per heavy atom. The number of anilines is 3. The van der Waals surface area contributed by atoms with Crippen LogP contribution < -0.4 is 30.7 Å². The lowest BCUT2D eigenvalue weighted by atomic mass is 10.1. The van der Waals surface area contributed by atoms with Gasteiger partial charge >= 0.3 is 0 Å². The van der Waals surface area contributed by atoms with Crippen LogP contribution in [0.3, 0.4) is 0 Å². The molecule has 5 rings (SSSR count). The van der Waals surface area contributed by atoms with E-state index in [0.717, 1.165) is 23.2 Å². The summed E-state index contributed by atoms with van der Waals surface area (Å²) in [4.78, 5) is 27.7. The van der Waals surface area contributed by atoms with E-state index in [1.54, 1.807) is 20.1 Å². The number of hydrogen-bond donors (Lipinski definition) is 3. The van der Waals surface area contributed by atoms with Crippen LogP contribution in [0.4, 0.5) is 17.1 Å². The summed E-state index contributed by atoms with van der Waals surface area (Å²) in [7, 11) is 1.56. The second kappa shape index (κ2) is 11.3. The smallest absolute Gasteiger partial charge is 0.260 e. The maximum atomic E-state index is 13.7. The number of carbonyl (C=O) groups is 2. The van der Waals surface area contributed by atoms with Gasteiger partial charge < -0.3 is 35.5 Å². The third-order valence-electron chi connectivity index (χ3n) is 6.95. The Morgan fingerprint density at radius 3 is 2.64 bits per heavy atom. The molecule has 9 nitrogen and oxygen atoms in total. The molecule has 3 aromatic rings. The number of nitrogens with one attached hydrogen (secondary N) is 2. The Labute approximate surface area is 228 Å². The molecule has 39 heavy (non-hydrogen) atoms. The van der Waals surface area contributed by atoms with Crippen molar-refractivity contribution in [1.29, 1.82) is 0 Å². The predicted molar refractivity (Wildman–Crippen MR) is 151 cm³/mol. The Kier molecular flexibility index (Phi) is 7.72. The van der Waals surface area contributed by atoms with Crippen LogP contribution in [-0.2, 0) is 29.2 Å². The quantitative estimate of drug-likeness (QED) is 0.382. The third-order valence-corrected chi connectivity index (χ3v) is 6.95. The largest absolute Gasteiger partial charge is 0.493 e. The molecular formula is C30H34N4O5. The molecule has 2 heterocycles. The van der Waals surface area contributed by atoms with E-state index in [1.165, 1.54) is 5.56 Å². The van der Waals surface area contributed by atoms with E-state index >= 15 is 0 Å². The lowest BCUT2D eigenvalue weighted by Crippen LogP contribution is -2.39. The van der Waals surface area contributed by atoms with Gasteiger partial charge in [-0.3, -0.25) is 9.59 Å². The highest BCUT2D eigenvalue weighted by Gasteiger charge is 2.37. The summed E-state index contributed by atoms with van der Waals surface area (Å²) in [6, 6.07) is 16.7. The van der Waals surface area contributed by atoms with Gasteiger partial charge in [0.05, 0.1) is 37.1 Å². The van der Waals surface area contributed by atoms with Gasteiger partial charge in [0, 0.05) is 30.6 Å². The van der Waals surface area contributed by atoms with Gasteiger partial charge in [-0.05, 0) is 67.3 Å². The zero-order valence-electron chi connectivity index (χ0n) is 22.5. The SMILES string of the molecule is CCOCc1cc(COc2cc3c(cc2OC)C(=O)N2c4ccccc4C[C@H]2CN3)cc(NC(=O)[C@H](C)N)c1. The van der Waals surface area contributed by atoms with E-state index in [4.69, 9.17) is 19.9 Å². The Bertz CT molecular complexity index is 1390. The van der Waals surface area contributed by atoms with Crippen LogP contribution in [-0.4, -0.2) is 44.2 Å². The zero-order valence-corrected chi connectivity index (χ0v) is 22.5. The molecule has 2 aliphatic rings. The highest BCUT2D eigenvalue weighted by molar-refractivity contribution is 6.12. The summed E-state index contributed by atoms with van der Waals surface area (Å²) in [5.41, 5.74) is 11.5. The number of rotatable bonds is 9. The van der Waals surface area contributed by atoms with Crippen molar-refractivity contribution >= 4 is 28.9 Å². The van der Waals surface area contributed by atoms with Gasteiger partial charge in [0.2, 0.25) is 5.91 Å². The lowest BCUT2D eigenvalue weighted by Gasteiger charge is -2.22. The van der Waals surface area contributed by atoms with Crippen molar-refractivity contribution in [3.8, 4) is 11.5 Å². The summed E-state index contributed by atoms with van der Waals surface area (Å²) < 4.78 is 17.4. The molecule has 0 saturated carbocycles. The van der Waals surface area contributed by atoms with Crippen molar-refractivity contribution < 1.29 is 23.8 Å². The molecule has 0 radical (unpaired) electrons. The van der Waals surface area contributed by atoms with Crippen LogP contribution >= 0.6 is 0 Å². The molecule has 2 atom stereocenters. The molecule has 0 aliphatic carbocycles. The summed E-state index contributed by atoms with van der Waals surface area (Å²) in [5, 5.41) is 6.30. The van der Waals surface area contributed by atoms with Gasteiger partial charge in [-0.1, -0.05) is 18.2 Å². The summed E-state index contributed by atoms with van der Waals surface area (Å²) in [6.45, 7) is 5.38. The first kappa shape index (κ1) is 26.5. The first-order chi connectivity index (χ1) is 18.9. The number of nitrogens with two attached hydrogens (primary N) is 1. The van der Waals surface area contributed by atoms with Crippen molar-refractivity contribution in [2.75, 3.05) is 35.8 Å². The minimum atomic E-state index is -0.636. The van der Waals surface area contributed by atoms with Crippen molar-refractivity contribution in [1.82, 2.24) is 0 Å². The molecule has 0 unspecified atom stereocenters. The van der Waals surface area contributed by atoms with Crippen molar-refractivity contribution in [3.63, 3.8) is 0 Å². The number of ether oxygens (including phenoxy) is 3. The lowest BCUT2D eigenvalue weighted by molar-refractivity contribution is -0.117. The van der Waals surface area contributed by atoms with Crippen LogP contribution in [0, 0.1) is 0 Å². The fourth-order valence-corrected chi connectivity index (χ4v) is 5.05. The maximum Gasteiger partial charge on any atom is 0.260 e. The van der Waals surface area contributed by atoms with Gasteiger partial charge in [0.15, 0.2) is 11.5 Å². The van der Waals surface area contributed by atoms with E-state index in [2.05, 4.69) is 16.7 Å². The molecule has 0 bridgehead atoms. The highest BCUT2D eigenvalue weighted by Crippen LogP contribution is 2.40. The molecular weight excluding hydrogens is 496 g/mol. The molecule has 0 spiro atoms. The van der Waals surface area contributed by atoms with Gasteiger partial charge in [0.25, 0.3) is 5.91 Å². The third kappa shape index (κ3) is 5.55. The van der Waals surface area contributed by atoms with Crippen molar-refractivity contribution in [3.05, 3.63) is 76.9 Å². The Hall–Kier alpha value is -4.08. The molecule has 0 fully saturated rings. The van der Waals surface area contributed by atoms with Gasteiger partial charge in [-0.15, -0.1) is 0 Å². The van der Waals surface area contributed by atoms with Crippen LogP contribution in [0.15, 0.2) is 54.6 Å². The average Bonchev–Trinajstić information content (AvgIpc) is 3.25. The molecule has 4 N–H and O–H groups in total. The van der Waals surface area contributed by atoms with E-state index in [1.807, 2.05) is 54.3 Å². The van der Waals surface area contributed by atoms with Gasteiger partial charge in [-0.25, -0.2) is 0 Å². The number of amides is 2. The summed E-state index contributed by atoms with van der Waals surface area (Å²) in [6.07, 6.45) is 0.809. The Balaban J connectivity index is 1.40. The summed E-state index contributed by atoms with van der Waals surface area (Å²) in [5.74, 6) is 0.635. The van der Waals surface area contributed by atoms with Crippen LogP contribution in [0.25, 0.3) is 0 Å². The van der Waals surface area contributed by atoms with Crippen LogP contribution in [0.5, 0.6) is 11.5 Å². The first-order valence-corrected chi connectivity index (χ1v) is 13.1. The fraction of sp³-hybridized carbons (Fsp3) is 0.333. The average molecular weight is 531 g/mol. The standard InChI is InChI=1S/C30H34N4O5/c1-4-38-16-19-9-20(11-22(10-19)33-29(35)18(2)31)17-39-28-14-25-24(13-27(28)37-3)30(36)34-23(15-32-25)12-21-7-5-6-8-26(21)34/h5-11,13-14,18,23,32H,4,12,15-17,31H2,1-3H3,(H,33,35)/t18-,23-/m0/s1. The first-order valence-electron chi connectivity index (χ1n) is 13.1. The number of hydrogen-bond acceptors (Lipinski definition) is 7. The van der Waals surface area contributed by atoms with Crippen LogP contribution in [0.1, 0.15) is 40.9 Å². The monoisotopic (exact) mass is 530 g/mol. The molecule has 0 aromatic heterocycles. The molecule has 3 aromatic carbocycles. The number of para-hydroxylation sites is 1. The zero-order chi connectivity index (χ0) is 27.5. The highest BCUT2D eigenvalue weighted by atomic mass is 16.5. The normalized spacial score (nSPS) is 16.4. The second-order valence-electron chi connectivity index (χ2n) is 9.83. The fourth-order valence-electron chi connectivity index (χ4n) is 5.05. The minimum absolute atomic E-state index is 0.0376. The van der Waals surface area contributed by atoms with Gasteiger partial charge in [0.1, 0.15) is 6.61 Å². The van der Waals surface area contributed by atoms with E-state index < -0.39 is 6.04 Å². The number of nitrogens with zero attached hydrogens (tertiary/aromatic N) is 1. The molecule has 0 saturated heterocycles. The van der Waals surface area contributed by atoms with Crippen molar-refractivity contribution in [2.24, 2.45) is 5.73 Å². The molecule has 2 amide bonds. The maximum absolute atomic E-state index is 13.7. The number of benzene rings is 3. The number of fused-ring (bicyclic) bond motifs is 4. The van der Waals surface area contributed by atoms with E-state index in [0.29, 0.717) is 48.2 Å². The topological polar surface area (TPSA) is 115 Å². The number of methoxy groups -OCH3 is 1. The van der Waals surface area contributed by atoms with Gasteiger partial charge in [-0.2, -0.15) is 0 Å². The van der Waals surface area contributed by atoms with Crippen molar-refractivity contribution in [2.45, 2.75) is 45.6 Å². The second-order valence-corrected chi connectivity index (χ2v) is 9.83. The van der Waals surface area contributed by atoms with E-state index in [9.17, 15) is 9.59 Å². The summed E-state index contributed by atoms with van der Waals surface area (Å²) >= 11 is 0.